The lowest BCUT2D eigenvalue weighted by Gasteiger charge is -2.39. The SMILES string of the molecule is CC1CC(Nc2ccc3c(c2)CCC(=O)N3)CC(C)(C)C1. The molecule has 1 aliphatic heterocycles. The van der Waals surface area contributed by atoms with Gasteiger partial charge in [0.15, 0.2) is 0 Å². The van der Waals surface area contributed by atoms with E-state index in [2.05, 4.69) is 43.5 Å². The number of aryl methyl sites for hydroxylation is 1. The molecule has 2 unspecified atom stereocenters. The molecule has 2 aliphatic rings. The predicted octanol–water partition coefficient (Wildman–Crippen LogP) is 4.20. The van der Waals surface area contributed by atoms with Gasteiger partial charge in [0.05, 0.1) is 0 Å². The van der Waals surface area contributed by atoms with E-state index in [0.717, 1.165) is 18.0 Å². The Labute approximate surface area is 127 Å². The molecule has 1 saturated carbocycles. The van der Waals surface area contributed by atoms with E-state index in [1.165, 1.54) is 30.5 Å². The fourth-order valence-corrected chi connectivity index (χ4v) is 4.16. The topological polar surface area (TPSA) is 41.1 Å². The Morgan fingerprint density at radius 1 is 1.24 bits per heavy atom. The third kappa shape index (κ3) is 3.39. The van der Waals surface area contributed by atoms with Crippen molar-refractivity contribution in [2.75, 3.05) is 10.6 Å². The van der Waals surface area contributed by atoms with Gasteiger partial charge in [0, 0.05) is 23.8 Å². The number of hydrogen-bond donors (Lipinski definition) is 2. The Hall–Kier alpha value is -1.51. The highest BCUT2D eigenvalue weighted by molar-refractivity contribution is 5.94. The molecule has 0 saturated heterocycles. The van der Waals surface area contributed by atoms with Gasteiger partial charge in [0.1, 0.15) is 0 Å². The average molecular weight is 286 g/mol. The predicted molar refractivity (Wildman–Crippen MR) is 87.6 cm³/mol. The van der Waals surface area contributed by atoms with Gasteiger partial charge in [-0.2, -0.15) is 0 Å². The summed E-state index contributed by atoms with van der Waals surface area (Å²) in [7, 11) is 0. The maximum Gasteiger partial charge on any atom is 0.224 e. The molecule has 3 rings (SSSR count). The molecule has 0 aromatic heterocycles. The zero-order chi connectivity index (χ0) is 15.0. The molecule has 1 aromatic rings. The first-order chi connectivity index (χ1) is 9.91. The second kappa shape index (κ2) is 5.36. The van der Waals surface area contributed by atoms with Crippen molar-refractivity contribution in [1.29, 1.82) is 0 Å². The summed E-state index contributed by atoms with van der Waals surface area (Å²) in [6, 6.07) is 6.89. The van der Waals surface area contributed by atoms with Crippen LogP contribution in [0.5, 0.6) is 0 Å². The maximum atomic E-state index is 11.4. The Morgan fingerprint density at radius 2 is 2.05 bits per heavy atom. The third-order valence-electron chi connectivity index (χ3n) is 4.76. The number of nitrogens with one attached hydrogen (secondary N) is 2. The van der Waals surface area contributed by atoms with E-state index >= 15 is 0 Å². The molecule has 1 aliphatic carbocycles. The van der Waals surface area contributed by atoms with Crippen molar-refractivity contribution in [3.8, 4) is 0 Å². The first kappa shape index (κ1) is 14.4. The largest absolute Gasteiger partial charge is 0.382 e. The summed E-state index contributed by atoms with van der Waals surface area (Å²) in [6.07, 6.45) is 5.25. The fraction of sp³-hybridized carbons (Fsp3) is 0.611. The van der Waals surface area contributed by atoms with Crippen molar-refractivity contribution in [1.82, 2.24) is 0 Å². The second-order valence-electron chi connectivity index (χ2n) is 7.67. The molecule has 0 spiro atoms. The van der Waals surface area contributed by atoms with Crippen LogP contribution < -0.4 is 10.6 Å². The van der Waals surface area contributed by atoms with Crippen LogP contribution in [-0.4, -0.2) is 11.9 Å². The van der Waals surface area contributed by atoms with E-state index in [-0.39, 0.29) is 5.91 Å². The number of fused-ring (bicyclic) bond motifs is 1. The van der Waals surface area contributed by atoms with Gasteiger partial charge in [0.2, 0.25) is 5.91 Å². The van der Waals surface area contributed by atoms with Gasteiger partial charge >= 0.3 is 0 Å². The van der Waals surface area contributed by atoms with Gasteiger partial charge in [-0.15, -0.1) is 0 Å². The van der Waals surface area contributed by atoms with Crippen LogP contribution in [0.25, 0.3) is 0 Å². The molecule has 114 valence electrons. The molecule has 1 amide bonds. The van der Waals surface area contributed by atoms with Crippen molar-refractivity contribution in [2.24, 2.45) is 11.3 Å². The highest BCUT2D eigenvalue weighted by atomic mass is 16.1. The molecule has 3 nitrogen and oxygen atoms in total. The number of anilines is 2. The smallest absolute Gasteiger partial charge is 0.224 e. The number of hydrogen-bond acceptors (Lipinski definition) is 2. The van der Waals surface area contributed by atoms with E-state index in [4.69, 9.17) is 0 Å². The monoisotopic (exact) mass is 286 g/mol. The molecular formula is C18H26N2O. The third-order valence-corrected chi connectivity index (χ3v) is 4.76. The van der Waals surface area contributed by atoms with Crippen LogP contribution in [0.1, 0.15) is 52.0 Å². The van der Waals surface area contributed by atoms with Crippen molar-refractivity contribution < 1.29 is 4.79 Å². The molecular weight excluding hydrogens is 260 g/mol. The normalized spacial score (nSPS) is 27.7. The summed E-state index contributed by atoms with van der Waals surface area (Å²) in [5.41, 5.74) is 3.86. The van der Waals surface area contributed by atoms with Crippen LogP contribution in [0.4, 0.5) is 11.4 Å². The van der Waals surface area contributed by atoms with Gasteiger partial charge in [-0.05, 0) is 60.8 Å². The van der Waals surface area contributed by atoms with Crippen LogP contribution in [-0.2, 0) is 11.2 Å². The van der Waals surface area contributed by atoms with E-state index in [0.29, 0.717) is 17.9 Å². The second-order valence-corrected chi connectivity index (χ2v) is 7.67. The minimum atomic E-state index is 0.131. The van der Waals surface area contributed by atoms with Crippen molar-refractivity contribution in [3.05, 3.63) is 23.8 Å². The molecule has 0 bridgehead atoms. The molecule has 1 fully saturated rings. The van der Waals surface area contributed by atoms with E-state index in [1.807, 2.05) is 6.07 Å². The van der Waals surface area contributed by atoms with Gasteiger partial charge in [-0.1, -0.05) is 20.8 Å². The number of amides is 1. The number of benzene rings is 1. The van der Waals surface area contributed by atoms with E-state index in [9.17, 15) is 4.79 Å². The van der Waals surface area contributed by atoms with Gasteiger partial charge < -0.3 is 10.6 Å². The first-order valence-corrected chi connectivity index (χ1v) is 8.11. The Kier molecular flexibility index (Phi) is 3.68. The highest BCUT2D eigenvalue weighted by Crippen LogP contribution is 2.39. The number of carbonyl (C=O) groups is 1. The lowest BCUT2D eigenvalue weighted by Crippen LogP contribution is -2.35. The number of carbonyl (C=O) groups excluding carboxylic acids is 1. The van der Waals surface area contributed by atoms with Crippen molar-refractivity contribution in [2.45, 2.75) is 58.9 Å². The molecule has 1 heterocycles. The van der Waals surface area contributed by atoms with Gasteiger partial charge in [0.25, 0.3) is 0 Å². The summed E-state index contributed by atoms with van der Waals surface area (Å²) >= 11 is 0. The first-order valence-electron chi connectivity index (χ1n) is 8.11. The lowest BCUT2D eigenvalue weighted by molar-refractivity contribution is -0.116. The zero-order valence-corrected chi connectivity index (χ0v) is 13.3. The van der Waals surface area contributed by atoms with Crippen LogP contribution >= 0.6 is 0 Å². The molecule has 1 aromatic carbocycles. The van der Waals surface area contributed by atoms with Crippen molar-refractivity contribution in [3.63, 3.8) is 0 Å². The van der Waals surface area contributed by atoms with E-state index < -0.39 is 0 Å². The zero-order valence-electron chi connectivity index (χ0n) is 13.3. The highest BCUT2D eigenvalue weighted by Gasteiger charge is 2.32. The van der Waals surface area contributed by atoms with Crippen LogP contribution in [0, 0.1) is 11.3 Å². The van der Waals surface area contributed by atoms with Crippen LogP contribution in [0.2, 0.25) is 0 Å². The molecule has 2 atom stereocenters. The summed E-state index contributed by atoms with van der Waals surface area (Å²) in [6.45, 7) is 7.11. The van der Waals surface area contributed by atoms with Crippen LogP contribution in [0.15, 0.2) is 18.2 Å². The summed E-state index contributed by atoms with van der Waals surface area (Å²) in [4.78, 5) is 11.4. The standard InChI is InChI=1S/C18H26N2O/c1-12-8-15(11-18(2,3)10-12)19-14-5-6-16-13(9-14)4-7-17(21)20-16/h5-6,9,12,15,19H,4,7-8,10-11H2,1-3H3,(H,20,21). The quantitative estimate of drug-likeness (QED) is 0.855. The fourth-order valence-electron chi connectivity index (χ4n) is 4.16. The number of rotatable bonds is 2. The molecule has 3 heteroatoms. The molecule has 0 radical (unpaired) electrons. The van der Waals surface area contributed by atoms with Crippen LogP contribution in [0.3, 0.4) is 0 Å². The summed E-state index contributed by atoms with van der Waals surface area (Å²) < 4.78 is 0. The summed E-state index contributed by atoms with van der Waals surface area (Å²) in [5, 5.41) is 6.66. The molecule has 2 N–H and O–H groups in total. The Balaban J connectivity index is 1.72. The van der Waals surface area contributed by atoms with Gasteiger partial charge in [-0.3, -0.25) is 4.79 Å². The van der Waals surface area contributed by atoms with E-state index in [1.54, 1.807) is 0 Å². The maximum absolute atomic E-state index is 11.4. The minimum absolute atomic E-state index is 0.131. The summed E-state index contributed by atoms with van der Waals surface area (Å²) in [5.74, 6) is 0.911. The lowest BCUT2D eigenvalue weighted by atomic mass is 9.70. The van der Waals surface area contributed by atoms with Gasteiger partial charge in [-0.25, -0.2) is 0 Å². The molecule has 21 heavy (non-hydrogen) atoms. The average Bonchev–Trinajstić information content (AvgIpc) is 2.36. The Bertz CT molecular complexity index is 550. The Morgan fingerprint density at radius 3 is 2.81 bits per heavy atom. The van der Waals surface area contributed by atoms with Crippen molar-refractivity contribution >= 4 is 17.3 Å². The minimum Gasteiger partial charge on any atom is -0.382 e.